The van der Waals surface area contributed by atoms with E-state index in [1.165, 1.54) is 32.1 Å². The molecular formula is C18H32O2. The minimum atomic E-state index is -1.05. The van der Waals surface area contributed by atoms with Gasteiger partial charge in [0, 0.05) is 12.8 Å². The minimum Gasteiger partial charge on any atom is -0.366 e. The quantitative estimate of drug-likeness (QED) is 0.254. The average molecular weight is 280 g/mol. The second kappa shape index (κ2) is 12.0. The highest BCUT2D eigenvalue weighted by Crippen LogP contribution is 2.18. The van der Waals surface area contributed by atoms with Gasteiger partial charge in [-0.15, -0.1) is 12.5 Å². The number of allylic oxidation sites excluding steroid dienone is 1. The molecule has 0 bridgehead atoms. The molecule has 0 aliphatic carbocycles. The molecule has 0 spiro atoms. The Kier molecular flexibility index (Phi) is 11.5. The molecule has 0 aromatic carbocycles. The highest BCUT2D eigenvalue weighted by Gasteiger charge is 2.19. The third-order valence-electron chi connectivity index (χ3n) is 3.05. The summed E-state index contributed by atoms with van der Waals surface area (Å²) >= 11 is 0. The summed E-state index contributed by atoms with van der Waals surface area (Å²) in [7, 11) is 0. The molecule has 20 heavy (non-hydrogen) atoms. The van der Waals surface area contributed by atoms with Gasteiger partial charge in [0.25, 0.3) is 0 Å². The number of unbranched alkanes of at least 4 members (excludes halogenated alkanes) is 4. The second-order valence-corrected chi connectivity index (χ2v) is 5.77. The zero-order valence-electron chi connectivity index (χ0n) is 13.6. The van der Waals surface area contributed by atoms with E-state index in [2.05, 4.69) is 25.3 Å². The molecule has 1 atom stereocenters. The van der Waals surface area contributed by atoms with Gasteiger partial charge >= 0.3 is 0 Å². The second-order valence-electron chi connectivity index (χ2n) is 5.77. The van der Waals surface area contributed by atoms with Gasteiger partial charge in [-0.05, 0) is 26.7 Å². The monoisotopic (exact) mass is 280 g/mol. The van der Waals surface area contributed by atoms with Crippen molar-refractivity contribution in [1.29, 1.82) is 0 Å². The van der Waals surface area contributed by atoms with Gasteiger partial charge < -0.3 is 9.84 Å². The first-order valence-corrected chi connectivity index (χ1v) is 7.96. The van der Waals surface area contributed by atoms with Crippen molar-refractivity contribution in [2.45, 2.75) is 90.4 Å². The maximum Gasteiger partial charge on any atom is 0.160 e. The lowest BCUT2D eigenvalue weighted by atomic mass is 10.0. The molecule has 0 rings (SSSR count). The molecule has 0 saturated heterocycles. The molecule has 0 aliphatic heterocycles. The summed E-state index contributed by atoms with van der Waals surface area (Å²) in [6.45, 7) is 9.26. The van der Waals surface area contributed by atoms with Crippen LogP contribution >= 0.6 is 0 Å². The van der Waals surface area contributed by atoms with Crippen molar-refractivity contribution in [2.75, 3.05) is 0 Å². The molecule has 0 aromatic rings. The van der Waals surface area contributed by atoms with Crippen molar-refractivity contribution in [3.63, 3.8) is 0 Å². The van der Waals surface area contributed by atoms with Gasteiger partial charge in [-0.3, -0.25) is 0 Å². The molecule has 0 radical (unpaired) electrons. The van der Waals surface area contributed by atoms with E-state index in [1.807, 2.05) is 6.08 Å². The molecule has 0 aliphatic rings. The van der Waals surface area contributed by atoms with Crippen molar-refractivity contribution in [3.8, 4) is 11.8 Å². The smallest absolute Gasteiger partial charge is 0.160 e. The van der Waals surface area contributed by atoms with Crippen LogP contribution in [0.2, 0.25) is 0 Å². The van der Waals surface area contributed by atoms with Crippen LogP contribution in [0.5, 0.6) is 0 Å². The molecule has 0 saturated carbocycles. The van der Waals surface area contributed by atoms with Crippen LogP contribution in [-0.4, -0.2) is 17.0 Å². The van der Waals surface area contributed by atoms with E-state index in [4.69, 9.17) is 4.74 Å². The summed E-state index contributed by atoms with van der Waals surface area (Å²) in [5.74, 6) is 5.13. The molecular weight excluding hydrogens is 248 g/mol. The highest BCUT2D eigenvalue weighted by molar-refractivity contribution is 5.02. The van der Waals surface area contributed by atoms with Crippen molar-refractivity contribution in [2.24, 2.45) is 0 Å². The van der Waals surface area contributed by atoms with Crippen LogP contribution in [0.15, 0.2) is 12.7 Å². The maximum absolute atomic E-state index is 9.80. The Morgan fingerprint density at radius 1 is 1.15 bits per heavy atom. The summed E-state index contributed by atoms with van der Waals surface area (Å²) in [6, 6.07) is 0. The summed E-state index contributed by atoms with van der Waals surface area (Å²) in [4.78, 5) is 0. The van der Waals surface area contributed by atoms with E-state index >= 15 is 0 Å². The van der Waals surface area contributed by atoms with E-state index in [0.717, 1.165) is 25.7 Å². The van der Waals surface area contributed by atoms with Crippen molar-refractivity contribution >= 4 is 0 Å². The zero-order valence-corrected chi connectivity index (χ0v) is 13.6. The fourth-order valence-electron chi connectivity index (χ4n) is 2.11. The van der Waals surface area contributed by atoms with Crippen LogP contribution in [0.4, 0.5) is 0 Å². The third kappa shape index (κ3) is 13.6. The Labute approximate surface area is 125 Å². The van der Waals surface area contributed by atoms with E-state index in [9.17, 15) is 5.11 Å². The lowest BCUT2D eigenvalue weighted by Gasteiger charge is -2.26. The standard InChI is InChI=1S/C18H32O2/c1-5-7-9-11-13-15-17(20-18(3,4)19)16-14-12-10-8-6-2/h5,17,19H,1,6-8,10,12-16H2,2-4H3. The predicted octanol–water partition coefficient (Wildman–Crippen LogP) is 4.82. The Morgan fingerprint density at radius 3 is 2.45 bits per heavy atom. The number of hydrogen-bond donors (Lipinski definition) is 1. The summed E-state index contributed by atoms with van der Waals surface area (Å²) in [5, 5.41) is 9.80. The van der Waals surface area contributed by atoms with Crippen LogP contribution in [0.1, 0.15) is 78.6 Å². The molecule has 1 N–H and O–H groups in total. The minimum absolute atomic E-state index is 0.106. The maximum atomic E-state index is 9.80. The lowest BCUT2D eigenvalue weighted by molar-refractivity contribution is -0.207. The highest BCUT2D eigenvalue weighted by atomic mass is 16.6. The number of ether oxygens (including phenoxy) is 1. The molecule has 0 heterocycles. The Morgan fingerprint density at radius 2 is 1.85 bits per heavy atom. The molecule has 116 valence electrons. The molecule has 0 amide bonds. The zero-order chi connectivity index (χ0) is 15.3. The number of rotatable bonds is 11. The normalized spacial score (nSPS) is 12.6. The largest absolute Gasteiger partial charge is 0.366 e. The first kappa shape index (κ1) is 19.2. The first-order valence-electron chi connectivity index (χ1n) is 7.96. The van der Waals surface area contributed by atoms with Crippen LogP contribution in [0.25, 0.3) is 0 Å². The predicted molar refractivity (Wildman–Crippen MR) is 86.4 cm³/mol. The fraction of sp³-hybridized carbons (Fsp3) is 0.778. The van der Waals surface area contributed by atoms with E-state index < -0.39 is 5.79 Å². The van der Waals surface area contributed by atoms with E-state index in [0.29, 0.717) is 0 Å². The Bertz CT molecular complexity index is 291. The number of hydrogen-bond acceptors (Lipinski definition) is 2. The van der Waals surface area contributed by atoms with Crippen LogP contribution in [0, 0.1) is 11.8 Å². The fourth-order valence-corrected chi connectivity index (χ4v) is 2.11. The topological polar surface area (TPSA) is 29.5 Å². The van der Waals surface area contributed by atoms with Gasteiger partial charge in [0.1, 0.15) is 0 Å². The SMILES string of the molecule is C=CCC#CCCC(CCCCCCC)OC(C)(C)O. The van der Waals surface area contributed by atoms with Gasteiger partial charge in [-0.25, -0.2) is 0 Å². The molecule has 2 nitrogen and oxygen atoms in total. The number of aliphatic hydroxyl groups is 1. The van der Waals surface area contributed by atoms with Gasteiger partial charge in [-0.1, -0.05) is 51.0 Å². The van der Waals surface area contributed by atoms with Crippen LogP contribution in [0.3, 0.4) is 0 Å². The van der Waals surface area contributed by atoms with Gasteiger partial charge in [0.05, 0.1) is 6.10 Å². The van der Waals surface area contributed by atoms with Crippen molar-refractivity contribution in [1.82, 2.24) is 0 Å². The summed E-state index contributed by atoms with van der Waals surface area (Å²) in [5.41, 5.74) is 0. The van der Waals surface area contributed by atoms with Crippen LogP contribution < -0.4 is 0 Å². The van der Waals surface area contributed by atoms with E-state index in [-0.39, 0.29) is 6.10 Å². The van der Waals surface area contributed by atoms with Gasteiger partial charge in [0.2, 0.25) is 0 Å². The van der Waals surface area contributed by atoms with Gasteiger partial charge in [0.15, 0.2) is 5.79 Å². The average Bonchev–Trinajstić information content (AvgIpc) is 2.36. The van der Waals surface area contributed by atoms with Gasteiger partial charge in [-0.2, -0.15) is 0 Å². The third-order valence-corrected chi connectivity index (χ3v) is 3.05. The van der Waals surface area contributed by atoms with Crippen molar-refractivity contribution in [3.05, 3.63) is 12.7 Å². The molecule has 2 heteroatoms. The molecule has 0 aromatic heterocycles. The first-order chi connectivity index (χ1) is 9.49. The van der Waals surface area contributed by atoms with E-state index in [1.54, 1.807) is 13.8 Å². The molecule has 0 fully saturated rings. The molecule has 1 unspecified atom stereocenters. The Balaban J connectivity index is 4.01. The van der Waals surface area contributed by atoms with Crippen LogP contribution in [-0.2, 0) is 4.74 Å². The lowest BCUT2D eigenvalue weighted by Crippen LogP contribution is -2.30. The summed E-state index contributed by atoms with van der Waals surface area (Å²) in [6.07, 6.45) is 11.7. The van der Waals surface area contributed by atoms with Crippen molar-refractivity contribution < 1.29 is 9.84 Å². The Hall–Kier alpha value is -0.780. The summed E-state index contributed by atoms with van der Waals surface area (Å²) < 4.78 is 5.72.